The summed E-state index contributed by atoms with van der Waals surface area (Å²) in [6.45, 7) is 10.4. The molecule has 0 unspecified atom stereocenters. The van der Waals surface area contributed by atoms with Crippen LogP contribution in [-0.2, 0) is 4.74 Å². The number of aromatic hydroxyl groups is 1. The molecule has 0 atom stereocenters. The minimum Gasteiger partial charge on any atom is -0.508 e. The average molecular weight is 543 g/mol. The Bertz CT molecular complexity index is 1270. The van der Waals surface area contributed by atoms with Crippen LogP contribution in [0, 0.1) is 0 Å². The lowest BCUT2D eigenvalue weighted by molar-refractivity contribution is 0.0184. The Morgan fingerprint density at radius 3 is 2.53 bits per heavy atom. The first-order chi connectivity index (χ1) is 17.8. The Labute approximate surface area is 227 Å². The average Bonchev–Trinajstić information content (AvgIpc) is 3.27. The molecule has 0 spiro atoms. The van der Waals surface area contributed by atoms with Gasteiger partial charge in [0.15, 0.2) is 0 Å². The van der Waals surface area contributed by atoms with Crippen LogP contribution in [-0.4, -0.2) is 71.8 Å². The van der Waals surface area contributed by atoms with Gasteiger partial charge in [-0.3, -0.25) is 4.68 Å². The minimum absolute atomic E-state index is 0.0360. The number of ether oxygens (including phenoxy) is 1. The van der Waals surface area contributed by atoms with E-state index in [1.807, 2.05) is 31.6 Å². The fourth-order valence-electron chi connectivity index (χ4n) is 4.22. The number of aromatic nitrogens is 4. The third-order valence-corrected chi connectivity index (χ3v) is 6.21. The molecule has 1 amide bonds. The first-order valence-corrected chi connectivity index (χ1v) is 13.0. The molecule has 3 aromatic rings. The van der Waals surface area contributed by atoms with Crippen LogP contribution in [0.3, 0.4) is 0 Å². The van der Waals surface area contributed by atoms with E-state index in [9.17, 15) is 15.0 Å². The highest BCUT2D eigenvalue weighted by atomic mass is 35.5. The number of carbonyl (C=O) groups excluding carboxylic acids is 1. The van der Waals surface area contributed by atoms with Crippen molar-refractivity contribution in [2.45, 2.75) is 64.7 Å². The van der Waals surface area contributed by atoms with Crippen LogP contribution in [0.15, 0.2) is 36.7 Å². The van der Waals surface area contributed by atoms with Crippen molar-refractivity contribution < 1.29 is 19.7 Å². The summed E-state index contributed by atoms with van der Waals surface area (Å²) < 4.78 is 7.43. The van der Waals surface area contributed by atoms with E-state index in [0.29, 0.717) is 53.9 Å². The van der Waals surface area contributed by atoms with E-state index in [-0.39, 0.29) is 24.4 Å². The fraction of sp³-hybridized carbons (Fsp3) is 0.481. The quantitative estimate of drug-likeness (QED) is 0.392. The Morgan fingerprint density at radius 2 is 1.89 bits per heavy atom. The van der Waals surface area contributed by atoms with Gasteiger partial charge in [0.05, 0.1) is 17.3 Å². The van der Waals surface area contributed by atoms with Gasteiger partial charge < -0.3 is 25.2 Å². The molecule has 3 heterocycles. The van der Waals surface area contributed by atoms with Gasteiger partial charge in [0, 0.05) is 48.2 Å². The number of hydrogen-bond acceptors (Lipinski definition) is 8. The van der Waals surface area contributed by atoms with Crippen molar-refractivity contribution in [3.63, 3.8) is 0 Å². The molecule has 10 nitrogen and oxygen atoms in total. The summed E-state index contributed by atoms with van der Waals surface area (Å²) >= 11 is 6.25. The normalized spacial score (nSPS) is 15.0. The molecule has 2 aromatic heterocycles. The van der Waals surface area contributed by atoms with E-state index in [4.69, 9.17) is 21.4 Å². The number of aliphatic hydroxyl groups is 1. The van der Waals surface area contributed by atoms with E-state index in [0.717, 1.165) is 5.56 Å². The highest BCUT2D eigenvalue weighted by molar-refractivity contribution is 6.31. The number of hydrogen-bond donors (Lipinski definition) is 3. The number of likely N-dealkylation sites (tertiary alicyclic amines) is 1. The topological polar surface area (TPSA) is 126 Å². The highest BCUT2D eigenvalue weighted by Gasteiger charge is 2.29. The summed E-state index contributed by atoms with van der Waals surface area (Å²) in [6, 6.07) is 6.68. The van der Waals surface area contributed by atoms with E-state index in [2.05, 4.69) is 15.3 Å². The molecule has 0 aliphatic carbocycles. The summed E-state index contributed by atoms with van der Waals surface area (Å²) in [6.07, 6.45) is 4.69. The summed E-state index contributed by atoms with van der Waals surface area (Å²) in [4.78, 5) is 23.2. The van der Waals surface area contributed by atoms with Crippen molar-refractivity contribution in [2.75, 3.05) is 25.0 Å². The second-order valence-electron chi connectivity index (χ2n) is 11.2. The number of amides is 1. The summed E-state index contributed by atoms with van der Waals surface area (Å²) in [7, 11) is 0. The lowest BCUT2D eigenvalue weighted by Crippen LogP contribution is -2.42. The predicted octanol–water partition coefficient (Wildman–Crippen LogP) is 5.12. The molecule has 1 aliphatic rings. The third-order valence-electron chi connectivity index (χ3n) is 5.99. The Morgan fingerprint density at radius 1 is 1.18 bits per heavy atom. The molecule has 3 N–H and O–H groups in total. The third kappa shape index (κ3) is 7.14. The molecular weight excluding hydrogens is 508 g/mol. The van der Waals surface area contributed by atoms with Gasteiger partial charge in [-0.05, 0) is 71.7 Å². The molecule has 1 aromatic carbocycles. The molecule has 0 bridgehead atoms. The molecule has 1 saturated heterocycles. The smallest absolute Gasteiger partial charge is 0.410 e. The number of phenolic OH excluding ortho intramolecular Hbond substituents is 1. The molecule has 0 saturated carbocycles. The van der Waals surface area contributed by atoms with Crippen molar-refractivity contribution in [1.82, 2.24) is 24.6 Å². The standard InChI is InChI=1S/C27H35ClN6O4/c1-26(2,3)38-25(36)33-10-7-19(8-11-33)34-15-21(23(32-34)17-12-18(28)14-20(35)13-17)22-6-9-29-24(31-22)30-16-27(4,5)37/h6,9,12-15,19,35,37H,7-8,10-11,16H2,1-5H3,(H,29,30,31). The summed E-state index contributed by atoms with van der Waals surface area (Å²) in [5.41, 5.74) is 1.17. The van der Waals surface area contributed by atoms with Crippen molar-refractivity contribution in [2.24, 2.45) is 0 Å². The minimum atomic E-state index is -0.929. The molecule has 0 radical (unpaired) electrons. The largest absolute Gasteiger partial charge is 0.508 e. The van der Waals surface area contributed by atoms with Gasteiger partial charge in [0.1, 0.15) is 17.0 Å². The number of nitrogens with zero attached hydrogens (tertiary/aromatic N) is 5. The molecule has 11 heteroatoms. The van der Waals surface area contributed by atoms with Gasteiger partial charge in [-0.1, -0.05) is 11.6 Å². The molecule has 38 heavy (non-hydrogen) atoms. The molecule has 1 fully saturated rings. The molecule has 4 rings (SSSR count). The van der Waals surface area contributed by atoms with Crippen LogP contribution >= 0.6 is 11.6 Å². The van der Waals surface area contributed by atoms with E-state index in [1.165, 1.54) is 6.07 Å². The SMILES string of the molecule is CC(C)(O)CNc1nccc(-c2cn(C3CCN(C(=O)OC(C)(C)C)CC3)nc2-c2cc(O)cc(Cl)c2)n1. The van der Waals surface area contributed by atoms with Crippen molar-refractivity contribution >= 4 is 23.6 Å². The number of nitrogens with one attached hydrogen (secondary N) is 1. The number of rotatable bonds is 6. The van der Waals surface area contributed by atoms with Crippen LogP contribution in [0.1, 0.15) is 53.5 Å². The first kappa shape index (κ1) is 27.7. The Hall–Kier alpha value is -3.37. The number of benzene rings is 1. The van der Waals surface area contributed by atoms with E-state index >= 15 is 0 Å². The number of anilines is 1. The van der Waals surface area contributed by atoms with Crippen molar-refractivity contribution in [3.8, 4) is 28.3 Å². The first-order valence-electron chi connectivity index (χ1n) is 12.6. The highest BCUT2D eigenvalue weighted by Crippen LogP contribution is 2.36. The van der Waals surface area contributed by atoms with Gasteiger partial charge in [-0.15, -0.1) is 0 Å². The van der Waals surface area contributed by atoms with E-state index < -0.39 is 11.2 Å². The van der Waals surface area contributed by atoms with Crippen molar-refractivity contribution in [1.29, 1.82) is 0 Å². The van der Waals surface area contributed by atoms with E-state index in [1.54, 1.807) is 43.1 Å². The second kappa shape index (κ2) is 10.8. The summed E-state index contributed by atoms with van der Waals surface area (Å²) in [5, 5.41) is 28.6. The zero-order valence-corrected chi connectivity index (χ0v) is 23.2. The van der Waals surface area contributed by atoms with Gasteiger partial charge in [-0.25, -0.2) is 14.8 Å². The second-order valence-corrected chi connectivity index (χ2v) is 11.6. The maximum absolute atomic E-state index is 12.5. The van der Waals surface area contributed by atoms with Crippen LogP contribution in [0.25, 0.3) is 22.5 Å². The van der Waals surface area contributed by atoms with Crippen molar-refractivity contribution in [3.05, 3.63) is 41.7 Å². The predicted molar refractivity (Wildman–Crippen MR) is 146 cm³/mol. The van der Waals surface area contributed by atoms with Gasteiger partial charge in [0.25, 0.3) is 0 Å². The maximum atomic E-state index is 12.5. The van der Waals surface area contributed by atoms with Gasteiger partial charge in [0.2, 0.25) is 5.95 Å². The van der Waals surface area contributed by atoms with Crippen LogP contribution in [0.2, 0.25) is 5.02 Å². The number of carbonyl (C=O) groups is 1. The zero-order valence-electron chi connectivity index (χ0n) is 22.4. The maximum Gasteiger partial charge on any atom is 0.410 e. The monoisotopic (exact) mass is 542 g/mol. The number of halogens is 1. The lowest BCUT2D eigenvalue weighted by atomic mass is 10.0. The lowest BCUT2D eigenvalue weighted by Gasteiger charge is -2.33. The number of piperidine rings is 1. The molecule has 204 valence electrons. The van der Waals surface area contributed by atoms with Gasteiger partial charge >= 0.3 is 6.09 Å². The van der Waals surface area contributed by atoms with Gasteiger partial charge in [-0.2, -0.15) is 5.10 Å². The molecule has 1 aliphatic heterocycles. The van der Waals surface area contributed by atoms with Crippen LogP contribution in [0.4, 0.5) is 10.7 Å². The molecular formula is C27H35ClN6O4. The number of phenols is 1. The fourth-order valence-corrected chi connectivity index (χ4v) is 4.45. The van der Waals surface area contributed by atoms with Crippen LogP contribution < -0.4 is 5.32 Å². The zero-order chi connectivity index (χ0) is 27.7. The Kier molecular flexibility index (Phi) is 7.85. The Balaban J connectivity index is 1.64. The van der Waals surface area contributed by atoms with Crippen LogP contribution in [0.5, 0.6) is 5.75 Å². The summed E-state index contributed by atoms with van der Waals surface area (Å²) in [5.74, 6) is 0.414.